The minimum absolute atomic E-state index is 0.0297. The number of amides is 1. The average Bonchev–Trinajstić information content (AvgIpc) is 3.02. The number of carbonyl (C=O) groups excluding carboxylic acids is 1. The van der Waals surface area contributed by atoms with E-state index < -0.39 is 0 Å². The summed E-state index contributed by atoms with van der Waals surface area (Å²) in [4.78, 5) is 31.1. The van der Waals surface area contributed by atoms with Gasteiger partial charge in [0.2, 0.25) is 0 Å². The second kappa shape index (κ2) is 7.44. The lowest BCUT2D eigenvalue weighted by Gasteiger charge is -2.30. The van der Waals surface area contributed by atoms with Gasteiger partial charge in [0.05, 0.1) is 23.1 Å². The number of carbonyl (C=O) groups is 1. The standard InChI is InChI=1S/C24H24N4O2/c1-16-8-7-9-17(14-16)20-11-3-2-6-13-27(20)24(30)19-15-25-28-21-12-5-4-10-18(21)23(29)26-22(19)28/h4-5,7-10,12,14-15,20H,2-3,6,11,13H2,1H3,(H,26,29). The highest BCUT2D eigenvalue weighted by molar-refractivity contribution is 6.00. The molecule has 152 valence electrons. The van der Waals surface area contributed by atoms with E-state index in [4.69, 9.17) is 0 Å². The Hall–Kier alpha value is -3.41. The molecule has 1 unspecified atom stereocenters. The number of rotatable bonds is 2. The first-order valence-electron chi connectivity index (χ1n) is 10.5. The van der Waals surface area contributed by atoms with Crippen LogP contribution in [0.25, 0.3) is 16.6 Å². The molecule has 1 atom stereocenters. The molecule has 5 rings (SSSR count). The summed E-state index contributed by atoms with van der Waals surface area (Å²) in [6.07, 6.45) is 5.71. The molecule has 0 radical (unpaired) electrons. The summed E-state index contributed by atoms with van der Waals surface area (Å²) in [5.41, 5.74) is 3.74. The second-order valence-electron chi connectivity index (χ2n) is 8.07. The van der Waals surface area contributed by atoms with E-state index in [1.165, 1.54) is 11.1 Å². The number of aromatic amines is 1. The van der Waals surface area contributed by atoms with Gasteiger partial charge in [-0.2, -0.15) is 5.10 Å². The van der Waals surface area contributed by atoms with Crippen LogP contribution in [0.2, 0.25) is 0 Å². The van der Waals surface area contributed by atoms with Gasteiger partial charge >= 0.3 is 0 Å². The molecule has 1 aliphatic heterocycles. The van der Waals surface area contributed by atoms with Crippen molar-refractivity contribution in [3.8, 4) is 0 Å². The van der Waals surface area contributed by atoms with Gasteiger partial charge in [-0.15, -0.1) is 0 Å². The third-order valence-electron chi connectivity index (χ3n) is 6.05. The third-order valence-corrected chi connectivity index (χ3v) is 6.05. The summed E-state index contributed by atoms with van der Waals surface area (Å²) >= 11 is 0. The smallest absolute Gasteiger partial charge is 0.259 e. The number of aryl methyl sites for hydroxylation is 1. The Morgan fingerprint density at radius 3 is 2.83 bits per heavy atom. The number of para-hydroxylation sites is 1. The van der Waals surface area contributed by atoms with Gasteiger partial charge in [-0.05, 0) is 37.5 Å². The SMILES string of the molecule is Cc1cccc(C2CCCCCN2C(=O)c2cnn3c2[nH]c(=O)c2ccccc23)c1. The molecule has 4 aromatic rings. The van der Waals surface area contributed by atoms with Crippen LogP contribution in [0.3, 0.4) is 0 Å². The zero-order valence-electron chi connectivity index (χ0n) is 17.0. The van der Waals surface area contributed by atoms with Crippen molar-refractivity contribution in [3.63, 3.8) is 0 Å². The van der Waals surface area contributed by atoms with E-state index in [2.05, 4.69) is 41.3 Å². The third kappa shape index (κ3) is 3.09. The summed E-state index contributed by atoms with van der Waals surface area (Å²) in [5.74, 6) is -0.0793. The topological polar surface area (TPSA) is 70.5 Å². The molecule has 1 aliphatic rings. The predicted molar refractivity (Wildman–Crippen MR) is 117 cm³/mol. The Balaban J connectivity index is 1.61. The molecule has 2 aromatic carbocycles. The monoisotopic (exact) mass is 400 g/mol. The van der Waals surface area contributed by atoms with Gasteiger partial charge in [0.25, 0.3) is 11.5 Å². The van der Waals surface area contributed by atoms with Gasteiger partial charge < -0.3 is 9.88 Å². The van der Waals surface area contributed by atoms with Crippen molar-refractivity contribution in [3.05, 3.63) is 81.8 Å². The van der Waals surface area contributed by atoms with E-state index in [1.807, 2.05) is 23.1 Å². The van der Waals surface area contributed by atoms with Gasteiger partial charge in [-0.25, -0.2) is 4.52 Å². The number of likely N-dealkylation sites (tertiary alicyclic amines) is 1. The predicted octanol–water partition coefficient (Wildman–Crippen LogP) is 4.24. The van der Waals surface area contributed by atoms with Crippen molar-refractivity contribution in [2.24, 2.45) is 0 Å². The van der Waals surface area contributed by atoms with E-state index in [1.54, 1.807) is 16.8 Å². The molecule has 3 heterocycles. The first-order chi connectivity index (χ1) is 14.6. The molecule has 1 saturated heterocycles. The van der Waals surface area contributed by atoms with Gasteiger partial charge in [-0.3, -0.25) is 9.59 Å². The highest BCUT2D eigenvalue weighted by Gasteiger charge is 2.30. The molecular formula is C24H24N4O2. The maximum Gasteiger partial charge on any atom is 0.259 e. The van der Waals surface area contributed by atoms with E-state index >= 15 is 0 Å². The molecule has 1 amide bonds. The van der Waals surface area contributed by atoms with Crippen LogP contribution in [0.15, 0.2) is 59.5 Å². The quantitative estimate of drug-likeness (QED) is 0.547. The van der Waals surface area contributed by atoms with E-state index in [0.717, 1.165) is 25.7 Å². The van der Waals surface area contributed by atoms with Gasteiger partial charge in [-0.1, -0.05) is 54.8 Å². The van der Waals surface area contributed by atoms with Crippen molar-refractivity contribution in [2.75, 3.05) is 6.54 Å². The maximum atomic E-state index is 13.7. The number of nitrogens with one attached hydrogen (secondary N) is 1. The summed E-state index contributed by atoms with van der Waals surface area (Å²) in [6.45, 7) is 2.78. The highest BCUT2D eigenvalue weighted by atomic mass is 16.2. The molecule has 0 bridgehead atoms. The largest absolute Gasteiger partial charge is 0.331 e. The number of hydrogen-bond acceptors (Lipinski definition) is 3. The molecule has 0 aliphatic carbocycles. The Morgan fingerprint density at radius 1 is 1.10 bits per heavy atom. The van der Waals surface area contributed by atoms with E-state index in [-0.39, 0.29) is 17.5 Å². The minimum Gasteiger partial charge on any atom is -0.331 e. The van der Waals surface area contributed by atoms with Crippen LogP contribution in [-0.2, 0) is 0 Å². The molecule has 6 nitrogen and oxygen atoms in total. The van der Waals surface area contributed by atoms with Gasteiger partial charge in [0.1, 0.15) is 11.2 Å². The van der Waals surface area contributed by atoms with Crippen molar-refractivity contribution >= 4 is 22.5 Å². The Labute approximate surface area is 174 Å². The first kappa shape index (κ1) is 18.6. The molecule has 30 heavy (non-hydrogen) atoms. The number of H-pyrrole nitrogens is 1. The van der Waals surface area contributed by atoms with Gasteiger partial charge in [0, 0.05) is 6.54 Å². The van der Waals surface area contributed by atoms with Crippen molar-refractivity contribution in [1.82, 2.24) is 19.5 Å². The number of nitrogens with zero attached hydrogens (tertiary/aromatic N) is 3. The zero-order valence-corrected chi connectivity index (χ0v) is 17.0. The normalized spacial score (nSPS) is 17.4. The Bertz CT molecular complexity index is 1300. The van der Waals surface area contributed by atoms with E-state index in [0.29, 0.717) is 28.7 Å². The van der Waals surface area contributed by atoms with Crippen LogP contribution in [-0.4, -0.2) is 31.9 Å². The fourth-order valence-electron chi connectivity index (χ4n) is 4.56. The molecule has 1 fully saturated rings. The summed E-state index contributed by atoms with van der Waals surface area (Å²) < 4.78 is 1.66. The minimum atomic E-state index is -0.209. The number of fused-ring (bicyclic) bond motifs is 3. The fourth-order valence-corrected chi connectivity index (χ4v) is 4.56. The van der Waals surface area contributed by atoms with Crippen LogP contribution >= 0.6 is 0 Å². The molecule has 1 N–H and O–H groups in total. The summed E-state index contributed by atoms with van der Waals surface area (Å²) in [6, 6.07) is 15.7. The van der Waals surface area contributed by atoms with Crippen molar-refractivity contribution < 1.29 is 4.79 Å². The summed E-state index contributed by atoms with van der Waals surface area (Å²) in [7, 11) is 0. The average molecular weight is 400 g/mol. The molecule has 2 aromatic heterocycles. The molecular weight excluding hydrogens is 376 g/mol. The second-order valence-corrected chi connectivity index (χ2v) is 8.07. The summed E-state index contributed by atoms with van der Waals surface area (Å²) in [5, 5.41) is 4.99. The fraction of sp³-hybridized carbons (Fsp3) is 0.292. The van der Waals surface area contributed by atoms with Crippen LogP contribution < -0.4 is 5.56 Å². The zero-order chi connectivity index (χ0) is 20.7. The number of hydrogen-bond donors (Lipinski definition) is 1. The Morgan fingerprint density at radius 2 is 1.97 bits per heavy atom. The number of aromatic nitrogens is 3. The lowest BCUT2D eigenvalue weighted by atomic mass is 9.98. The van der Waals surface area contributed by atoms with Crippen molar-refractivity contribution in [2.45, 2.75) is 38.6 Å². The van der Waals surface area contributed by atoms with Crippen LogP contribution in [0.4, 0.5) is 0 Å². The number of benzene rings is 2. The van der Waals surface area contributed by atoms with E-state index in [9.17, 15) is 9.59 Å². The van der Waals surface area contributed by atoms with Crippen LogP contribution in [0, 0.1) is 6.92 Å². The molecule has 0 saturated carbocycles. The lowest BCUT2D eigenvalue weighted by molar-refractivity contribution is 0.0682. The lowest BCUT2D eigenvalue weighted by Crippen LogP contribution is -2.35. The van der Waals surface area contributed by atoms with Crippen molar-refractivity contribution in [1.29, 1.82) is 0 Å². The highest BCUT2D eigenvalue weighted by Crippen LogP contribution is 2.32. The Kier molecular flexibility index (Phi) is 4.62. The van der Waals surface area contributed by atoms with Gasteiger partial charge in [0.15, 0.2) is 0 Å². The molecule has 6 heteroatoms. The molecule has 0 spiro atoms. The van der Waals surface area contributed by atoms with Crippen LogP contribution in [0.1, 0.15) is 53.2 Å². The first-order valence-corrected chi connectivity index (χ1v) is 10.5. The van der Waals surface area contributed by atoms with Crippen LogP contribution in [0.5, 0.6) is 0 Å². The maximum absolute atomic E-state index is 13.7.